The fraction of sp³-hybridized carbons (Fsp3) is 0.263. The number of rotatable bonds is 7. The number of carboxylic acids is 1. The van der Waals surface area contributed by atoms with Gasteiger partial charge in [0.2, 0.25) is 0 Å². The molecule has 0 spiro atoms. The van der Waals surface area contributed by atoms with Gasteiger partial charge in [-0.1, -0.05) is 48.5 Å². The van der Waals surface area contributed by atoms with Crippen LogP contribution < -0.4 is 0 Å². The molecule has 1 atom stereocenters. The van der Waals surface area contributed by atoms with Crippen molar-refractivity contribution in [3.63, 3.8) is 0 Å². The molecule has 1 unspecified atom stereocenters. The van der Waals surface area contributed by atoms with E-state index in [4.69, 9.17) is 6.57 Å². The molecule has 4 heteroatoms. The highest BCUT2D eigenvalue weighted by Gasteiger charge is 2.17. The van der Waals surface area contributed by atoms with E-state index in [9.17, 15) is 9.90 Å². The van der Waals surface area contributed by atoms with E-state index in [-0.39, 0.29) is 5.92 Å². The van der Waals surface area contributed by atoms with Crippen LogP contribution in [-0.4, -0.2) is 16.8 Å². The van der Waals surface area contributed by atoms with E-state index in [0.29, 0.717) is 24.3 Å². The Morgan fingerprint density at radius 2 is 1.87 bits per heavy atom. The molecule has 1 N–H and O–H groups in total. The van der Waals surface area contributed by atoms with E-state index in [0.717, 1.165) is 23.1 Å². The van der Waals surface area contributed by atoms with E-state index in [1.807, 2.05) is 42.5 Å². The van der Waals surface area contributed by atoms with Gasteiger partial charge in [-0.05, 0) is 41.7 Å². The lowest BCUT2D eigenvalue weighted by molar-refractivity contribution is -0.141. The Labute approximate surface area is 142 Å². The first-order valence-corrected chi connectivity index (χ1v) is 8.18. The van der Waals surface area contributed by atoms with Gasteiger partial charge in [0, 0.05) is 0 Å². The Bertz CT molecular complexity index is 704. The van der Waals surface area contributed by atoms with Crippen LogP contribution in [0.4, 0.5) is 5.69 Å². The first-order valence-electron chi connectivity index (χ1n) is 7.55. The second-order valence-electron chi connectivity index (χ2n) is 5.43. The van der Waals surface area contributed by atoms with Crippen LogP contribution in [0.2, 0.25) is 0 Å². The third-order valence-electron chi connectivity index (χ3n) is 3.83. The third kappa shape index (κ3) is 4.61. The van der Waals surface area contributed by atoms with Crippen molar-refractivity contribution >= 4 is 24.3 Å². The Kier molecular flexibility index (Phi) is 6.25. The minimum absolute atomic E-state index is 0.372. The van der Waals surface area contributed by atoms with Gasteiger partial charge in [-0.15, -0.1) is 0 Å². The second-order valence-corrected chi connectivity index (χ2v) is 5.88. The van der Waals surface area contributed by atoms with Gasteiger partial charge in [-0.25, -0.2) is 4.85 Å². The first kappa shape index (κ1) is 17.1. The summed E-state index contributed by atoms with van der Waals surface area (Å²) in [5, 5.41) is 9.30. The molecule has 0 aromatic heterocycles. The van der Waals surface area contributed by atoms with E-state index in [2.05, 4.69) is 17.5 Å². The number of aliphatic carboxylic acids is 1. The van der Waals surface area contributed by atoms with Gasteiger partial charge < -0.3 is 5.11 Å². The lowest BCUT2D eigenvalue weighted by Gasteiger charge is -2.12. The molecule has 0 radical (unpaired) electrons. The zero-order chi connectivity index (χ0) is 16.7. The smallest absolute Gasteiger partial charge is 0.306 e. The molecule has 118 valence electrons. The molecule has 0 aliphatic heterocycles. The predicted molar refractivity (Wildman–Crippen MR) is 96.1 cm³/mol. The van der Waals surface area contributed by atoms with Crippen LogP contribution in [0.1, 0.15) is 18.4 Å². The molecular formula is C19H19NO2S. The Hall–Kier alpha value is -2.25. The van der Waals surface area contributed by atoms with Crippen molar-refractivity contribution in [2.24, 2.45) is 5.92 Å². The molecular weight excluding hydrogens is 306 g/mol. The summed E-state index contributed by atoms with van der Waals surface area (Å²) in [6.07, 6.45) is 1.96. The number of carboxylic acid groups (broad SMARTS) is 1. The van der Waals surface area contributed by atoms with Crippen LogP contribution >= 0.6 is 12.6 Å². The van der Waals surface area contributed by atoms with Gasteiger partial charge in [-0.3, -0.25) is 4.79 Å². The number of nitrogens with zero attached hydrogens (tertiary/aromatic N) is 1. The summed E-state index contributed by atoms with van der Waals surface area (Å²) in [6, 6.07) is 15.3. The van der Waals surface area contributed by atoms with E-state index < -0.39 is 5.97 Å². The fourth-order valence-electron chi connectivity index (χ4n) is 2.57. The number of para-hydroxylation sites is 1. The van der Waals surface area contributed by atoms with Crippen molar-refractivity contribution in [3.05, 3.63) is 65.5 Å². The Morgan fingerprint density at radius 3 is 2.48 bits per heavy atom. The summed E-state index contributed by atoms with van der Waals surface area (Å²) in [5.41, 5.74) is 3.50. The lowest BCUT2D eigenvalue weighted by atomic mass is 9.93. The molecule has 0 heterocycles. The molecule has 0 aliphatic carbocycles. The van der Waals surface area contributed by atoms with Crippen LogP contribution in [0.25, 0.3) is 16.0 Å². The molecule has 3 nitrogen and oxygen atoms in total. The Balaban J connectivity index is 2.16. The molecule has 0 aliphatic rings. The molecule has 2 rings (SSSR count). The van der Waals surface area contributed by atoms with Crippen LogP contribution in [-0.2, 0) is 11.2 Å². The minimum Gasteiger partial charge on any atom is -0.481 e. The quantitative estimate of drug-likeness (QED) is 0.564. The highest BCUT2D eigenvalue weighted by molar-refractivity contribution is 7.80. The molecule has 2 aromatic rings. The summed E-state index contributed by atoms with van der Waals surface area (Å²) in [4.78, 5) is 14.9. The topological polar surface area (TPSA) is 41.7 Å². The largest absolute Gasteiger partial charge is 0.481 e. The van der Waals surface area contributed by atoms with Gasteiger partial charge in [0.1, 0.15) is 0 Å². The maximum absolute atomic E-state index is 11.3. The fourth-order valence-corrected chi connectivity index (χ4v) is 2.75. The summed E-state index contributed by atoms with van der Waals surface area (Å²) >= 11 is 4.15. The summed E-state index contributed by atoms with van der Waals surface area (Å²) < 4.78 is 0. The average Bonchev–Trinajstić information content (AvgIpc) is 2.59. The van der Waals surface area contributed by atoms with Gasteiger partial charge >= 0.3 is 5.97 Å². The van der Waals surface area contributed by atoms with Gasteiger partial charge in [0.25, 0.3) is 0 Å². The zero-order valence-electron chi connectivity index (χ0n) is 12.8. The molecule has 0 bridgehead atoms. The first-order chi connectivity index (χ1) is 11.2. The maximum Gasteiger partial charge on any atom is 0.306 e. The summed E-state index contributed by atoms with van der Waals surface area (Å²) in [5.74, 6) is -0.423. The minimum atomic E-state index is -0.755. The van der Waals surface area contributed by atoms with Crippen LogP contribution in [0.15, 0.2) is 48.5 Å². The van der Waals surface area contributed by atoms with Crippen molar-refractivity contribution in [2.45, 2.75) is 19.3 Å². The van der Waals surface area contributed by atoms with Gasteiger partial charge in [0.05, 0.1) is 12.5 Å². The molecule has 0 fully saturated rings. The molecule has 0 saturated heterocycles. The number of thiol groups is 1. The second kappa shape index (κ2) is 8.40. The number of hydrogen-bond donors (Lipinski definition) is 2. The highest BCUT2D eigenvalue weighted by atomic mass is 32.1. The summed E-state index contributed by atoms with van der Waals surface area (Å²) in [7, 11) is 0. The van der Waals surface area contributed by atoms with E-state index >= 15 is 0 Å². The standard InChI is InChI=1S/C19H19NO2S/c1-20-18-7-3-2-6-17(18)15-10-8-14(9-11-15)13-16(19(21)22)5-4-12-23/h2-3,6-11,16,23H,4-5,12-13H2,(H,21,22). The van der Waals surface area contributed by atoms with E-state index in [1.54, 1.807) is 6.07 Å². The Morgan fingerprint density at radius 1 is 1.17 bits per heavy atom. The third-order valence-corrected chi connectivity index (χ3v) is 4.15. The predicted octanol–water partition coefficient (Wildman–Crippen LogP) is 4.86. The number of hydrogen-bond acceptors (Lipinski definition) is 2. The normalized spacial score (nSPS) is 11.7. The van der Waals surface area contributed by atoms with Crippen molar-refractivity contribution in [1.29, 1.82) is 0 Å². The lowest BCUT2D eigenvalue weighted by Crippen LogP contribution is -2.16. The van der Waals surface area contributed by atoms with E-state index in [1.165, 1.54) is 0 Å². The molecule has 2 aromatic carbocycles. The SMILES string of the molecule is [C-]#[N+]c1ccccc1-c1ccc(CC(CCCS)C(=O)O)cc1. The van der Waals surface area contributed by atoms with Crippen molar-refractivity contribution in [2.75, 3.05) is 5.75 Å². The van der Waals surface area contributed by atoms with Crippen molar-refractivity contribution < 1.29 is 9.90 Å². The molecule has 0 amide bonds. The summed E-state index contributed by atoms with van der Waals surface area (Å²) in [6.45, 7) is 7.23. The number of carbonyl (C=O) groups is 1. The van der Waals surface area contributed by atoms with Crippen LogP contribution in [0.3, 0.4) is 0 Å². The van der Waals surface area contributed by atoms with Gasteiger partial charge in [0.15, 0.2) is 5.69 Å². The van der Waals surface area contributed by atoms with Crippen molar-refractivity contribution in [3.8, 4) is 11.1 Å². The highest BCUT2D eigenvalue weighted by Crippen LogP contribution is 2.30. The van der Waals surface area contributed by atoms with Crippen LogP contribution in [0, 0.1) is 12.5 Å². The monoisotopic (exact) mass is 325 g/mol. The molecule has 0 saturated carbocycles. The number of benzene rings is 2. The molecule has 23 heavy (non-hydrogen) atoms. The van der Waals surface area contributed by atoms with Crippen LogP contribution in [0.5, 0.6) is 0 Å². The maximum atomic E-state index is 11.3. The average molecular weight is 325 g/mol. The van der Waals surface area contributed by atoms with Crippen molar-refractivity contribution in [1.82, 2.24) is 0 Å². The zero-order valence-corrected chi connectivity index (χ0v) is 13.7. The van der Waals surface area contributed by atoms with Gasteiger partial charge in [-0.2, -0.15) is 12.6 Å².